The van der Waals surface area contributed by atoms with Crippen LogP contribution in [0.15, 0.2) is 40.9 Å². The number of aromatic carboxylic acids is 1. The fraction of sp³-hybridized carbons (Fsp3) is 0.407. The molecule has 0 unspecified atom stereocenters. The van der Waals surface area contributed by atoms with Gasteiger partial charge in [-0.25, -0.2) is 9.18 Å². The van der Waals surface area contributed by atoms with E-state index in [1.807, 2.05) is 25.1 Å². The van der Waals surface area contributed by atoms with Crippen molar-refractivity contribution in [2.24, 2.45) is 0 Å². The van der Waals surface area contributed by atoms with Gasteiger partial charge in [-0.2, -0.15) is 0 Å². The molecule has 1 heterocycles. The molecule has 0 amide bonds. The zero-order valence-corrected chi connectivity index (χ0v) is 20.1. The summed E-state index contributed by atoms with van der Waals surface area (Å²) in [5, 5.41) is 25.2. The van der Waals surface area contributed by atoms with E-state index in [4.69, 9.17) is 26.0 Å². The number of nitrogens with zero attached hydrogens (tertiary/aromatic N) is 1. The van der Waals surface area contributed by atoms with Gasteiger partial charge >= 0.3 is 5.97 Å². The number of ether oxygens (including phenoxy) is 1. The van der Waals surface area contributed by atoms with Crippen LogP contribution in [0.1, 0.15) is 77.3 Å². The maximum absolute atomic E-state index is 14.6. The van der Waals surface area contributed by atoms with E-state index in [1.165, 1.54) is 12.1 Å². The van der Waals surface area contributed by atoms with Crippen molar-refractivity contribution in [1.82, 2.24) is 5.16 Å². The van der Waals surface area contributed by atoms with Crippen LogP contribution in [0.2, 0.25) is 5.02 Å². The highest BCUT2D eigenvalue weighted by atomic mass is 35.5. The van der Waals surface area contributed by atoms with Crippen LogP contribution in [0.4, 0.5) is 4.39 Å². The van der Waals surface area contributed by atoms with Gasteiger partial charge in [-0.1, -0.05) is 35.0 Å². The van der Waals surface area contributed by atoms with Gasteiger partial charge in [0.05, 0.1) is 28.9 Å². The average molecular weight is 500 g/mol. The van der Waals surface area contributed by atoms with Gasteiger partial charge in [0, 0.05) is 22.6 Å². The number of carboxylic acid groups (broad SMARTS) is 1. The van der Waals surface area contributed by atoms with Crippen molar-refractivity contribution in [2.75, 3.05) is 0 Å². The number of aryl methyl sites for hydroxylation is 1. The number of carboxylic acids is 1. The van der Waals surface area contributed by atoms with E-state index in [0.717, 1.165) is 41.4 Å². The maximum Gasteiger partial charge on any atom is 0.335 e. The highest BCUT2D eigenvalue weighted by Gasteiger charge is 2.38. The molecule has 0 atom stereocenters. The van der Waals surface area contributed by atoms with Crippen LogP contribution >= 0.6 is 11.6 Å². The molecule has 2 aliphatic carbocycles. The SMILES string of the molecule is Cc1cccc(Cl)c1-c1noc(C2CC2)c1CO[C@H]1CC[C@](O)(c2ccc(C(=O)O)cc2F)CC1. The number of benzene rings is 2. The van der Waals surface area contributed by atoms with Gasteiger partial charge in [0.2, 0.25) is 0 Å². The van der Waals surface area contributed by atoms with Crippen LogP contribution in [0, 0.1) is 12.7 Å². The van der Waals surface area contributed by atoms with Crippen LogP contribution in [0.5, 0.6) is 0 Å². The van der Waals surface area contributed by atoms with Gasteiger partial charge in [0.25, 0.3) is 0 Å². The molecule has 0 spiro atoms. The molecule has 0 saturated heterocycles. The Kier molecular flexibility index (Phi) is 6.42. The number of aliphatic hydroxyl groups is 1. The van der Waals surface area contributed by atoms with Crippen LogP contribution in [0.3, 0.4) is 0 Å². The maximum atomic E-state index is 14.6. The quantitative estimate of drug-likeness (QED) is 0.392. The van der Waals surface area contributed by atoms with E-state index < -0.39 is 17.4 Å². The third-order valence-corrected chi connectivity index (χ3v) is 7.48. The molecule has 2 aliphatic rings. The van der Waals surface area contributed by atoms with Crippen LogP contribution in [0.25, 0.3) is 11.3 Å². The highest BCUT2D eigenvalue weighted by molar-refractivity contribution is 6.33. The summed E-state index contributed by atoms with van der Waals surface area (Å²) in [6, 6.07) is 9.38. The Balaban J connectivity index is 1.30. The van der Waals surface area contributed by atoms with E-state index in [0.29, 0.717) is 48.9 Å². The molecule has 5 rings (SSSR count). The van der Waals surface area contributed by atoms with Gasteiger partial charge in [-0.3, -0.25) is 0 Å². The first kappa shape index (κ1) is 24.0. The van der Waals surface area contributed by atoms with Gasteiger partial charge in [0.1, 0.15) is 17.3 Å². The minimum Gasteiger partial charge on any atom is -0.478 e. The van der Waals surface area contributed by atoms with E-state index >= 15 is 0 Å². The average Bonchev–Trinajstić information content (AvgIpc) is 3.59. The highest BCUT2D eigenvalue weighted by Crippen LogP contribution is 2.46. The number of carbonyl (C=O) groups is 1. The lowest BCUT2D eigenvalue weighted by molar-refractivity contribution is -0.0656. The first-order chi connectivity index (χ1) is 16.8. The van der Waals surface area contributed by atoms with Crippen molar-refractivity contribution >= 4 is 17.6 Å². The van der Waals surface area contributed by atoms with Crippen molar-refractivity contribution in [3.63, 3.8) is 0 Å². The molecule has 35 heavy (non-hydrogen) atoms. The molecule has 0 bridgehead atoms. The molecule has 2 N–H and O–H groups in total. The number of hydrogen-bond acceptors (Lipinski definition) is 5. The van der Waals surface area contributed by atoms with Gasteiger partial charge in [-0.15, -0.1) is 0 Å². The van der Waals surface area contributed by atoms with E-state index in [9.17, 15) is 14.3 Å². The van der Waals surface area contributed by atoms with Gasteiger partial charge in [0.15, 0.2) is 0 Å². The van der Waals surface area contributed by atoms with E-state index in [-0.39, 0.29) is 17.2 Å². The number of hydrogen-bond donors (Lipinski definition) is 2. The van der Waals surface area contributed by atoms with Crippen LogP contribution in [-0.4, -0.2) is 27.4 Å². The molecule has 1 aromatic heterocycles. The molecule has 0 radical (unpaired) electrons. The fourth-order valence-corrected chi connectivity index (χ4v) is 5.30. The Morgan fingerprint density at radius 2 is 1.97 bits per heavy atom. The Bertz CT molecular complexity index is 1240. The smallest absolute Gasteiger partial charge is 0.335 e. The topological polar surface area (TPSA) is 92.8 Å². The normalized spacial score (nSPS) is 22.3. The van der Waals surface area contributed by atoms with Crippen molar-refractivity contribution in [3.8, 4) is 11.3 Å². The first-order valence-corrected chi connectivity index (χ1v) is 12.3. The zero-order chi connectivity index (χ0) is 24.7. The summed E-state index contributed by atoms with van der Waals surface area (Å²) in [4.78, 5) is 11.1. The summed E-state index contributed by atoms with van der Waals surface area (Å²) < 4.78 is 26.6. The Morgan fingerprint density at radius 3 is 2.60 bits per heavy atom. The van der Waals surface area contributed by atoms with Crippen molar-refractivity contribution in [2.45, 2.75) is 69.7 Å². The van der Waals surface area contributed by atoms with E-state index in [1.54, 1.807) is 0 Å². The Morgan fingerprint density at radius 1 is 1.23 bits per heavy atom. The third kappa shape index (κ3) is 4.73. The van der Waals surface area contributed by atoms with Crippen LogP contribution in [-0.2, 0) is 16.9 Å². The molecular weight excluding hydrogens is 473 g/mol. The summed E-state index contributed by atoms with van der Waals surface area (Å²) in [6.07, 6.45) is 3.73. The summed E-state index contributed by atoms with van der Waals surface area (Å²) in [7, 11) is 0. The monoisotopic (exact) mass is 499 g/mol. The molecule has 2 saturated carbocycles. The molecule has 2 aromatic carbocycles. The summed E-state index contributed by atoms with van der Waals surface area (Å²) >= 11 is 6.51. The molecule has 2 fully saturated rings. The standard InChI is InChI=1S/C27H27ClFNO5/c1-15-3-2-4-21(28)23(15)24-19(25(35-30-24)16-5-6-16)14-34-18-9-11-27(33,12-10-18)20-8-7-17(26(31)32)13-22(20)29/h2-4,7-8,13,16,18,33H,5-6,9-12,14H2,1H3,(H,31,32)/t18-,27+. The molecule has 0 aliphatic heterocycles. The molecular formula is C27H27ClFNO5. The lowest BCUT2D eigenvalue weighted by atomic mass is 9.78. The van der Waals surface area contributed by atoms with Crippen molar-refractivity contribution in [3.05, 3.63) is 75.3 Å². The number of rotatable bonds is 7. The third-order valence-electron chi connectivity index (χ3n) is 7.17. The minimum absolute atomic E-state index is 0.112. The van der Waals surface area contributed by atoms with Crippen LogP contribution < -0.4 is 0 Å². The zero-order valence-electron chi connectivity index (χ0n) is 19.4. The molecule has 6 nitrogen and oxygen atoms in total. The largest absolute Gasteiger partial charge is 0.478 e. The predicted molar refractivity (Wildman–Crippen MR) is 128 cm³/mol. The minimum atomic E-state index is -1.35. The lowest BCUT2D eigenvalue weighted by Gasteiger charge is -2.36. The second-order valence-electron chi connectivity index (χ2n) is 9.62. The summed E-state index contributed by atoms with van der Waals surface area (Å²) in [5.41, 5.74) is 2.12. The second kappa shape index (κ2) is 9.37. The van der Waals surface area contributed by atoms with E-state index in [2.05, 4.69) is 5.16 Å². The Hall–Kier alpha value is -2.74. The first-order valence-electron chi connectivity index (χ1n) is 11.9. The predicted octanol–water partition coefficient (Wildman–Crippen LogP) is 6.37. The number of aromatic nitrogens is 1. The summed E-state index contributed by atoms with van der Waals surface area (Å²) in [5.74, 6) is -0.701. The fourth-order valence-electron chi connectivity index (χ4n) is 4.99. The van der Waals surface area contributed by atoms with Gasteiger partial charge < -0.3 is 19.5 Å². The van der Waals surface area contributed by atoms with Crippen molar-refractivity contribution in [1.29, 1.82) is 0 Å². The molecule has 184 valence electrons. The second-order valence-corrected chi connectivity index (χ2v) is 10.0. The Labute approximate surface area is 207 Å². The van der Waals surface area contributed by atoms with Gasteiger partial charge in [-0.05, 0) is 69.2 Å². The summed E-state index contributed by atoms with van der Waals surface area (Å²) in [6.45, 7) is 2.31. The molecule has 8 heteroatoms. The lowest BCUT2D eigenvalue weighted by Crippen LogP contribution is -2.35. The number of halogens is 2. The molecule has 3 aromatic rings. The van der Waals surface area contributed by atoms with Crippen molar-refractivity contribution < 1.29 is 28.7 Å².